The molecule has 0 aliphatic rings. The fourth-order valence-electron chi connectivity index (χ4n) is 1.88. The first kappa shape index (κ1) is 15.5. The van der Waals surface area contributed by atoms with Gasteiger partial charge in [0, 0.05) is 25.2 Å². The summed E-state index contributed by atoms with van der Waals surface area (Å²) in [5.41, 5.74) is 1.01. The summed E-state index contributed by atoms with van der Waals surface area (Å²) in [5.74, 6) is 1.33. The number of aromatic nitrogens is 3. The zero-order chi connectivity index (χ0) is 15.1. The lowest BCUT2D eigenvalue weighted by Crippen LogP contribution is -2.20. The zero-order valence-corrected chi connectivity index (χ0v) is 13.1. The van der Waals surface area contributed by atoms with Gasteiger partial charge < -0.3 is 10.2 Å². The minimum atomic E-state index is 0.510. The lowest BCUT2D eigenvalue weighted by Gasteiger charge is -2.17. The molecular formula is C15H20ClN5. The molecule has 1 aromatic carbocycles. The Balaban J connectivity index is 1.99. The molecule has 1 N–H and O–H groups in total. The summed E-state index contributed by atoms with van der Waals surface area (Å²) in [6.45, 7) is 3.70. The Morgan fingerprint density at radius 2 is 2.10 bits per heavy atom. The number of unbranched alkanes of at least 4 members (excludes halogenated alkanes) is 1. The third kappa shape index (κ3) is 4.56. The average Bonchev–Trinajstić information content (AvgIpc) is 2.52. The van der Waals surface area contributed by atoms with E-state index in [1.54, 1.807) is 6.20 Å². The fraction of sp³-hybridized carbons (Fsp3) is 0.400. The predicted molar refractivity (Wildman–Crippen MR) is 86.8 cm³/mol. The molecule has 0 unspecified atom stereocenters. The van der Waals surface area contributed by atoms with E-state index in [1.807, 2.05) is 31.3 Å². The number of hydrogen-bond acceptors (Lipinski definition) is 5. The van der Waals surface area contributed by atoms with Crippen molar-refractivity contribution in [1.29, 1.82) is 0 Å². The van der Waals surface area contributed by atoms with Crippen LogP contribution < -0.4 is 10.2 Å². The van der Waals surface area contributed by atoms with E-state index in [0.717, 1.165) is 35.8 Å². The van der Waals surface area contributed by atoms with Gasteiger partial charge >= 0.3 is 0 Å². The first-order valence-electron chi connectivity index (χ1n) is 7.09. The van der Waals surface area contributed by atoms with Gasteiger partial charge in [0.25, 0.3) is 0 Å². The van der Waals surface area contributed by atoms with Crippen LogP contribution in [0.4, 0.5) is 11.8 Å². The molecule has 0 spiro atoms. The van der Waals surface area contributed by atoms with Crippen LogP contribution in [-0.4, -0.2) is 28.8 Å². The fourth-order valence-corrected chi connectivity index (χ4v) is 2.08. The molecule has 1 aromatic heterocycles. The van der Waals surface area contributed by atoms with Crippen LogP contribution in [0.25, 0.3) is 0 Å². The van der Waals surface area contributed by atoms with Crippen molar-refractivity contribution < 1.29 is 0 Å². The molecule has 1 heterocycles. The molecule has 0 radical (unpaired) electrons. The second-order valence-corrected chi connectivity index (χ2v) is 5.27. The van der Waals surface area contributed by atoms with Gasteiger partial charge in [0.15, 0.2) is 5.82 Å². The van der Waals surface area contributed by atoms with Gasteiger partial charge in [-0.3, -0.25) is 0 Å². The lowest BCUT2D eigenvalue weighted by atomic mass is 10.2. The van der Waals surface area contributed by atoms with E-state index in [2.05, 4.69) is 32.3 Å². The van der Waals surface area contributed by atoms with Crippen molar-refractivity contribution in [2.24, 2.45) is 0 Å². The first-order valence-corrected chi connectivity index (χ1v) is 7.46. The highest BCUT2D eigenvalue weighted by Crippen LogP contribution is 2.16. The van der Waals surface area contributed by atoms with E-state index in [0.29, 0.717) is 12.5 Å². The van der Waals surface area contributed by atoms with Crippen molar-refractivity contribution in [1.82, 2.24) is 15.2 Å². The molecule has 6 heteroatoms. The smallest absolute Gasteiger partial charge is 0.244 e. The molecule has 0 bridgehead atoms. The molecule has 0 atom stereocenters. The minimum Gasteiger partial charge on any atom is -0.358 e. The van der Waals surface area contributed by atoms with E-state index in [4.69, 9.17) is 11.6 Å². The molecule has 21 heavy (non-hydrogen) atoms. The van der Waals surface area contributed by atoms with Crippen LogP contribution >= 0.6 is 11.6 Å². The van der Waals surface area contributed by atoms with Crippen LogP contribution in [-0.2, 0) is 6.54 Å². The van der Waals surface area contributed by atoms with E-state index in [1.165, 1.54) is 0 Å². The van der Waals surface area contributed by atoms with Crippen molar-refractivity contribution in [2.75, 3.05) is 23.8 Å². The van der Waals surface area contributed by atoms with Gasteiger partial charge in [-0.1, -0.05) is 43.1 Å². The van der Waals surface area contributed by atoms with Crippen LogP contribution in [0, 0.1) is 0 Å². The van der Waals surface area contributed by atoms with Crippen LogP contribution in [0.5, 0.6) is 0 Å². The Labute approximate surface area is 130 Å². The first-order chi connectivity index (χ1) is 10.2. The van der Waals surface area contributed by atoms with Crippen LogP contribution in [0.15, 0.2) is 30.5 Å². The second kappa shape index (κ2) is 7.78. The summed E-state index contributed by atoms with van der Waals surface area (Å²) in [6, 6.07) is 7.71. The molecule has 0 aliphatic heterocycles. The van der Waals surface area contributed by atoms with E-state index in [9.17, 15) is 0 Å². The monoisotopic (exact) mass is 305 g/mol. The molecule has 0 saturated heterocycles. The van der Waals surface area contributed by atoms with Gasteiger partial charge in [0.2, 0.25) is 5.95 Å². The summed E-state index contributed by atoms with van der Waals surface area (Å²) in [7, 11) is 2.01. The highest BCUT2D eigenvalue weighted by atomic mass is 35.5. The number of nitrogens with one attached hydrogen (secondary N) is 1. The van der Waals surface area contributed by atoms with E-state index < -0.39 is 0 Å². The van der Waals surface area contributed by atoms with Crippen molar-refractivity contribution in [3.05, 3.63) is 41.0 Å². The Hall–Kier alpha value is -1.88. The Morgan fingerprint density at radius 3 is 2.86 bits per heavy atom. The number of hydrogen-bond donors (Lipinski definition) is 1. The maximum absolute atomic E-state index is 6.12. The van der Waals surface area contributed by atoms with Crippen molar-refractivity contribution in [3.8, 4) is 0 Å². The molecule has 112 valence electrons. The maximum Gasteiger partial charge on any atom is 0.244 e. The van der Waals surface area contributed by atoms with Crippen molar-refractivity contribution >= 4 is 23.4 Å². The van der Waals surface area contributed by atoms with Crippen molar-refractivity contribution in [3.63, 3.8) is 0 Å². The molecule has 0 aliphatic carbocycles. The standard InChI is InChI=1S/C15H20ClN5/c1-3-4-9-21(2)14-11-18-20-15(19-14)17-10-12-7-5-6-8-13(12)16/h5-8,11H,3-4,9-10H2,1-2H3,(H,17,19,20). The summed E-state index contributed by atoms with van der Waals surface area (Å²) >= 11 is 6.12. The predicted octanol–water partition coefficient (Wildman–Crippen LogP) is 3.37. The number of halogens is 1. The summed E-state index contributed by atoms with van der Waals surface area (Å²) in [5, 5.41) is 11.9. The van der Waals surface area contributed by atoms with E-state index in [-0.39, 0.29) is 0 Å². The van der Waals surface area contributed by atoms with Gasteiger partial charge in [-0.05, 0) is 18.1 Å². The third-order valence-corrected chi connectivity index (χ3v) is 3.55. The SMILES string of the molecule is CCCCN(C)c1cnnc(NCc2ccccc2Cl)n1. The zero-order valence-electron chi connectivity index (χ0n) is 12.4. The molecule has 0 fully saturated rings. The Morgan fingerprint density at radius 1 is 1.29 bits per heavy atom. The third-order valence-electron chi connectivity index (χ3n) is 3.18. The van der Waals surface area contributed by atoms with Gasteiger partial charge in [0.05, 0.1) is 6.20 Å². The lowest BCUT2D eigenvalue weighted by molar-refractivity contribution is 0.753. The number of nitrogens with zero attached hydrogens (tertiary/aromatic N) is 4. The molecule has 2 rings (SSSR count). The highest BCUT2D eigenvalue weighted by Gasteiger charge is 2.06. The van der Waals surface area contributed by atoms with Gasteiger partial charge in [0.1, 0.15) is 0 Å². The average molecular weight is 306 g/mol. The van der Waals surface area contributed by atoms with Crippen LogP contribution in [0.2, 0.25) is 5.02 Å². The maximum atomic E-state index is 6.12. The molecular weight excluding hydrogens is 286 g/mol. The number of rotatable bonds is 7. The van der Waals surface area contributed by atoms with Gasteiger partial charge in [-0.2, -0.15) is 10.1 Å². The molecule has 5 nitrogen and oxygen atoms in total. The van der Waals surface area contributed by atoms with Crippen LogP contribution in [0.1, 0.15) is 25.3 Å². The highest BCUT2D eigenvalue weighted by molar-refractivity contribution is 6.31. The quantitative estimate of drug-likeness (QED) is 0.850. The van der Waals surface area contributed by atoms with E-state index >= 15 is 0 Å². The molecule has 0 amide bonds. The van der Waals surface area contributed by atoms with Crippen LogP contribution in [0.3, 0.4) is 0 Å². The van der Waals surface area contributed by atoms with Crippen molar-refractivity contribution in [2.45, 2.75) is 26.3 Å². The second-order valence-electron chi connectivity index (χ2n) is 4.86. The van der Waals surface area contributed by atoms with Gasteiger partial charge in [-0.15, -0.1) is 5.10 Å². The minimum absolute atomic E-state index is 0.510. The Bertz CT molecular complexity index is 575. The normalized spacial score (nSPS) is 10.4. The summed E-state index contributed by atoms with van der Waals surface area (Å²) < 4.78 is 0. The molecule has 2 aromatic rings. The number of anilines is 2. The summed E-state index contributed by atoms with van der Waals surface area (Å²) in [4.78, 5) is 6.55. The number of benzene rings is 1. The topological polar surface area (TPSA) is 53.9 Å². The largest absolute Gasteiger partial charge is 0.358 e. The summed E-state index contributed by atoms with van der Waals surface area (Å²) in [6.07, 6.45) is 3.96. The van der Waals surface area contributed by atoms with Gasteiger partial charge in [-0.25, -0.2) is 0 Å². The Kier molecular flexibility index (Phi) is 5.75. The molecule has 0 saturated carbocycles.